The minimum Gasteiger partial charge on any atom is -0.423 e. The molecular formula is C21H17N3O3S. The fraction of sp³-hybridized carbons (Fsp3) is 0.143. The van der Waals surface area contributed by atoms with E-state index in [-0.39, 0.29) is 11.6 Å². The third kappa shape index (κ3) is 4.37. The van der Waals surface area contributed by atoms with Crippen molar-refractivity contribution in [3.05, 3.63) is 87.6 Å². The normalized spacial score (nSPS) is 11.5. The molecule has 0 spiro atoms. The van der Waals surface area contributed by atoms with Gasteiger partial charge in [-0.05, 0) is 30.2 Å². The zero-order valence-corrected chi connectivity index (χ0v) is 16.0. The van der Waals surface area contributed by atoms with Crippen LogP contribution < -0.4 is 5.63 Å². The lowest BCUT2D eigenvalue weighted by molar-refractivity contribution is 0.525. The summed E-state index contributed by atoms with van der Waals surface area (Å²) < 4.78 is 10.8. The molecule has 2 heterocycles. The summed E-state index contributed by atoms with van der Waals surface area (Å²) in [5.41, 5.74) is 3.26. The van der Waals surface area contributed by atoms with Crippen LogP contribution in [0.5, 0.6) is 0 Å². The smallest absolute Gasteiger partial charge is 0.342 e. The Labute approximate surface area is 165 Å². The van der Waals surface area contributed by atoms with Crippen LogP contribution >= 0.6 is 11.8 Å². The molecule has 0 saturated carbocycles. The number of aromatic nitrogens is 2. The molecule has 4 rings (SSSR count). The quantitative estimate of drug-likeness (QED) is 0.351. The minimum absolute atomic E-state index is 0.223. The van der Waals surface area contributed by atoms with E-state index in [2.05, 4.69) is 15.2 Å². The van der Waals surface area contributed by atoms with Gasteiger partial charge in [-0.1, -0.05) is 47.1 Å². The maximum absolute atomic E-state index is 11.8. The van der Waals surface area contributed by atoms with Crippen molar-refractivity contribution in [2.45, 2.75) is 18.4 Å². The van der Waals surface area contributed by atoms with Crippen LogP contribution in [0.3, 0.4) is 0 Å². The molecule has 2 aromatic heterocycles. The van der Waals surface area contributed by atoms with E-state index in [0.717, 1.165) is 22.1 Å². The van der Waals surface area contributed by atoms with E-state index in [1.807, 2.05) is 55.5 Å². The summed E-state index contributed by atoms with van der Waals surface area (Å²) in [6.45, 7) is 2.01. The van der Waals surface area contributed by atoms with E-state index in [1.54, 1.807) is 18.0 Å². The van der Waals surface area contributed by atoms with E-state index in [1.165, 1.54) is 6.07 Å². The summed E-state index contributed by atoms with van der Waals surface area (Å²) in [4.78, 5) is 16.0. The molecule has 2 aromatic carbocycles. The second-order valence-corrected chi connectivity index (χ2v) is 7.22. The van der Waals surface area contributed by atoms with Crippen molar-refractivity contribution in [1.29, 1.82) is 0 Å². The Hall–Kier alpha value is -3.19. The lowest BCUT2D eigenvalue weighted by Gasteiger charge is -2.05. The van der Waals surface area contributed by atoms with Crippen molar-refractivity contribution in [2.24, 2.45) is 4.99 Å². The molecule has 0 radical (unpaired) electrons. The molecule has 0 unspecified atom stereocenters. The highest BCUT2D eigenvalue weighted by molar-refractivity contribution is 7.97. The number of thioether (sulfide) groups is 1. The second kappa shape index (κ2) is 8.22. The van der Waals surface area contributed by atoms with Crippen LogP contribution in [-0.2, 0) is 11.5 Å². The van der Waals surface area contributed by atoms with E-state index >= 15 is 0 Å². The lowest BCUT2D eigenvalue weighted by atomic mass is 10.1. The first-order valence-corrected chi connectivity index (χ1v) is 9.85. The molecule has 28 heavy (non-hydrogen) atoms. The molecule has 0 aliphatic heterocycles. The summed E-state index contributed by atoms with van der Waals surface area (Å²) in [7, 11) is 0. The second-order valence-electron chi connectivity index (χ2n) is 6.23. The van der Waals surface area contributed by atoms with Gasteiger partial charge in [0, 0.05) is 23.4 Å². The molecule has 0 aliphatic rings. The Kier molecular flexibility index (Phi) is 5.34. The number of nitrogens with zero attached hydrogens (tertiary/aromatic N) is 3. The summed E-state index contributed by atoms with van der Waals surface area (Å²) in [5.74, 6) is 1.66. The zero-order valence-electron chi connectivity index (χ0n) is 15.2. The van der Waals surface area contributed by atoms with E-state index in [4.69, 9.17) is 8.83 Å². The Bertz CT molecular complexity index is 1180. The number of hydrogen-bond acceptors (Lipinski definition) is 7. The number of fused-ring (bicyclic) bond motifs is 1. The van der Waals surface area contributed by atoms with Gasteiger partial charge in [-0.25, -0.2) is 9.79 Å². The summed E-state index contributed by atoms with van der Waals surface area (Å²) in [5, 5.41) is 8.91. The Morgan fingerprint density at radius 1 is 1.04 bits per heavy atom. The first kappa shape index (κ1) is 18.2. The molecule has 140 valence electrons. The van der Waals surface area contributed by atoms with E-state index in [9.17, 15) is 4.79 Å². The fourth-order valence-electron chi connectivity index (χ4n) is 2.73. The monoisotopic (exact) mass is 391 g/mol. The van der Waals surface area contributed by atoms with E-state index < -0.39 is 0 Å². The van der Waals surface area contributed by atoms with Gasteiger partial charge in [-0.15, -0.1) is 16.9 Å². The molecule has 4 aromatic rings. The molecule has 7 heteroatoms. The van der Waals surface area contributed by atoms with Gasteiger partial charge in [-0.2, -0.15) is 0 Å². The third-order valence-electron chi connectivity index (χ3n) is 4.05. The standard InChI is InChI=1S/C21H17N3O3S/c1-14-7-8-18-17(9-14)16(10-20(25)26-18)12-28-13-19-23-24-21(27-19)22-11-15-5-3-2-4-6-15/h2-11H,12-13H2,1H3/b22-11+. The maximum atomic E-state index is 11.8. The van der Waals surface area contributed by atoms with Crippen molar-refractivity contribution in [1.82, 2.24) is 10.2 Å². The van der Waals surface area contributed by atoms with E-state index in [0.29, 0.717) is 23.0 Å². The van der Waals surface area contributed by atoms with Crippen LogP contribution in [0.15, 0.2) is 73.2 Å². The lowest BCUT2D eigenvalue weighted by Crippen LogP contribution is -2.00. The number of benzene rings is 2. The zero-order chi connectivity index (χ0) is 19.3. The fourth-order valence-corrected chi connectivity index (χ4v) is 3.59. The van der Waals surface area contributed by atoms with Crippen molar-refractivity contribution in [3.63, 3.8) is 0 Å². The van der Waals surface area contributed by atoms with Crippen molar-refractivity contribution >= 4 is 35.0 Å². The van der Waals surface area contributed by atoms with Crippen LogP contribution in [0.2, 0.25) is 0 Å². The van der Waals surface area contributed by atoms with Gasteiger partial charge in [0.1, 0.15) is 5.58 Å². The summed E-state index contributed by atoms with van der Waals surface area (Å²) in [6.07, 6.45) is 1.68. The highest BCUT2D eigenvalue weighted by Crippen LogP contribution is 2.24. The number of aliphatic imine (C=N–C) groups is 1. The van der Waals surface area contributed by atoms with Crippen molar-refractivity contribution in [2.75, 3.05) is 0 Å². The molecule has 0 amide bonds. The van der Waals surface area contributed by atoms with Gasteiger partial charge in [0.15, 0.2) is 0 Å². The van der Waals surface area contributed by atoms with Gasteiger partial charge >= 0.3 is 11.6 Å². The molecule has 0 atom stereocenters. The molecular weight excluding hydrogens is 374 g/mol. The van der Waals surface area contributed by atoms with Crippen LogP contribution in [0.25, 0.3) is 11.0 Å². The number of rotatable bonds is 6. The molecule has 6 nitrogen and oxygen atoms in total. The van der Waals surface area contributed by atoms with Crippen LogP contribution in [0.1, 0.15) is 22.6 Å². The first-order chi connectivity index (χ1) is 13.7. The highest BCUT2D eigenvalue weighted by Gasteiger charge is 2.09. The minimum atomic E-state index is -0.345. The van der Waals surface area contributed by atoms with Crippen molar-refractivity contribution < 1.29 is 8.83 Å². The average molecular weight is 391 g/mol. The topological polar surface area (TPSA) is 81.5 Å². The molecule has 0 saturated heterocycles. The van der Waals surface area contributed by atoms with Gasteiger partial charge in [0.25, 0.3) is 0 Å². The summed E-state index contributed by atoms with van der Waals surface area (Å²) in [6, 6.07) is 17.3. The van der Waals surface area contributed by atoms with Gasteiger partial charge in [-0.3, -0.25) is 0 Å². The highest BCUT2D eigenvalue weighted by atomic mass is 32.2. The maximum Gasteiger partial charge on any atom is 0.342 e. The SMILES string of the molecule is Cc1ccc2oc(=O)cc(CSCc3nnc(/N=C/c4ccccc4)o3)c2c1. The largest absolute Gasteiger partial charge is 0.423 e. The molecule has 0 aliphatic carbocycles. The van der Waals surface area contributed by atoms with Crippen LogP contribution in [0, 0.1) is 6.92 Å². The summed E-state index contributed by atoms with van der Waals surface area (Å²) >= 11 is 1.59. The molecule has 0 N–H and O–H groups in total. The van der Waals surface area contributed by atoms with Crippen LogP contribution in [-0.4, -0.2) is 16.4 Å². The van der Waals surface area contributed by atoms with Gasteiger partial charge in [0.2, 0.25) is 5.89 Å². The predicted octanol–water partition coefficient (Wildman–Crippen LogP) is 4.67. The van der Waals surface area contributed by atoms with Gasteiger partial charge < -0.3 is 8.83 Å². The Morgan fingerprint density at radius 2 is 1.89 bits per heavy atom. The predicted molar refractivity (Wildman–Crippen MR) is 110 cm³/mol. The van der Waals surface area contributed by atoms with Gasteiger partial charge in [0.05, 0.1) is 5.75 Å². The van der Waals surface area contributed by atoms with Crippen LogP contribution in [0.4, 0.5) is 6.01 Å². The Balaban J connectivity index is 1.42. The number of aryl methyl sites for hydroxylation is 1. The first-order valence-electron chi connectivity index (χ1n) is 8.70. The average Bonchev–Trinajstić information content (AvgIpc) is 3.15. The number of hydrogen-bond donors (Lipinski definition) is 0. The molecule has 0 fully saturated rings. The van der Waals surface area contributed by atoms with Crippen molar-refractivity contribution in [3.8, 4) is 0 Å². The third-order valence-corrected chi connectivity index (χ3v) is 5.01. The Morgan fingerprint density at radius 3 is 2.75 bits per heavy atom. The molecule has 0 bridgehead atoms.